The van der Waals surface area contributed by atoms with Gasteiger partial charge in [-0.2, -0.15) is 0 Å². The highest BCUT2D eigenvalue weighted by Crippen LogP contribution is 2.27. The molecule has 0 unspecified atom stereocenters. The van der Waals surface area contributed by atoms with Crippen LogP contribution >= 0.6 is 0 Å². The van der Waals surface area contributed by atoms with Gasteiger partial charge >= 0.3 is 0 Å². The lowest BCUT2D eigenvalue weighted by molar-refractivity contribution is -0.138. The Morgan fingerprint density at radius 3 is 2.10 bits per heavy atom. The normalized spacial score (nSPS) is 12.2. The van der Waals surface area contributed by atoms with E-state index in [9.17, 15) is 18.0 Å². The van der Waals surface area contributed by atoms with Crippen molar-refractivity contribution in [3.05, 3.63) is 65.2 Å². The molecule has 0 aliphatic heterocycles. The van der Waals surface area contributed by atoms with Gasteiger partial charge in [0, 0.05) is 13.6 Å². The molecule has 0 fully saturated rings. The first-order valence-corrected chi connectivity index (χ1v) is 12.0. The molecule has 0 aromatic heterocycles. The summed E-state index contributed by atoms with van der Waals surface area (Å²) >= 11 is 0. The molecule has 0 aliphatic carbocycles. The fourth-order valence-electron chi connectivity index (χ4n) is 3.55. The Balaban J connectivity index is 2.35. The number of para-hydroxylation sites is 1. The minimum Gasteiger partial charge on any atom is -0.357 e. The molecular formula is C23H31N3O4S. The van der Waals surface area contributed by atoms with E-state index in [0.717, 1.165) is 27.3 Å². The summed E-state index contributed by atoms with van der Waals surface area (Å²) in [6, 6.07) is 14.4. The smallest absolute Gasteiger partial charge is 0.244 e. The molecule has 1 N–H and O–H groups in total. The number of anilines is 1. The first-order valence-electron chi connectivity index (χ1n) is 10.1. The lowest BCUT2D eigenvalue weighted by Gasteiger charge is -2.32. The van der Waals surface area contributed by atoms with Crippen LogP contribution < -0.4 is 9.62 Å². The van der Waals surface area contributed by atoms with Crippen LogP contribution in [0.1, 0.15) is 23.6 Å². The molecule has 2 aromatic carbocycles. The lowest BCUT2D eigenvalue weighted by Crippen LogP contribution is -2.51. The molecule has 31 heavy (non-hydrogen) atoms. The number of aryl methyl sites for hydroxylation is 2. The van der Waals surface area contributed by atoms with Crippen LogP contribution in [0.5, 0.6) is 0 Å². The maximum atomic E-state index is 13.3. The fourth-order valence-corrected chi connectivity index (χ4v) is 4.52. The molecule has 2 amide bonds. The predicted octanol–water partition coefficient (Wildman–Crippen LogP) is 2.28. The fraction of sp³-hybridized carbons (Fsp3) is 0.391. The molecular weight excluding hydrogens is 414 g/mol. The third-order valence-electron chi connectivity index (χ3n) is 5.27. The summed E-state index contributed by atoms with van der Waals surface area (Å²) in [5, 5.41) is 2.57. The minimum absolute atomic E-state index is 0.293. The van der Waals surface area contributed by atoms with Gasteiger partial charge in [0.1, 0.15) is 12.6 Å². The van der Waals surface area contributed by atoms with Crippen molar-refractivity contribution in [2.24, 2.45) is 0 Å². The number of benzene rings is 2. The molecule has 168 valence electrons. The Kier molecular flexibility index (Phi) is 8.21. The lowest BCUT2D eigenvalue weighted by atomic mass is 10.1. The standard InChI is InChI=1S/C23H31N3O4S/c1-17-10-9-11-18(2)22(17)26(31(5,29)30)16-21(27)25(19(3)23(28)24-4)15-14-20-12-7-6-8-13-20/h6-13,19H,14-16H2,1-5H3,(H,24,28)/t19-/m1/s1. The second kappa shape index (κ2) is 10.4. The number of nitrogens with zero attached hydrogens (tertiary/aromatic N) is 2. The molecule has 0 aliphatic rings. The van der Waals surface area contributed by atoms with Crippen LogP contribution in [0.3, 0.4) is 0 Å². The number of carbonyl (C=O) groups is 2. The van der Waals surface area contributed by atoms with E-state index in [-0.39, 0.29) is 12.5 Å². The molecule has 0 heterocycles. The van der Waals surface area contributed by atoms with E-state index in [2.05, 4.69) is 5.32 Å². The molecule has 7 nitrogen and oxygen atoms in total. The number of hydrogen-bond acceptors (Lipinski definition) is 4. The number of hydrogen-bond donors (Lipinski definition) is 1. The Hall–Kier alpha value is -2.87. The summed E-state index contributed by atoms with van der Waals surface area (Å²) in [7, 11) is -2.21. The number of rotatable bonds is 9. The van der Waals surface area contributed by atoms with Crippen LogP contribution in [0.25, 0.3) is 0 Å². The van der Waals surface area contributed by atoms with E-state index < -0.39 is 22.0 Å². The van der Waals surface area contributed by atoms with Gasteiger partial charge in [0.15, 0.2) is 0 Å². The van der Waals surface area contributed by atoms with Gasteiger partial charge in [-0.1, -0.05) is 48.5 Å². The highest BCUT2D eigenvalue weighted by atomic mass is 32.2. The van der Waals surface area contributed by atoms with E-state index in [1.165, 1.54) is 11.9 Å². The Bertz CT molecular complexity index is 1000. The summed E-state index contributed by atoms with van der Waals surface area (Å²) in [5.41, 5.74) is 3.04. The van der Waals surface area contributed by atoms with Crippen molar-refractivity contribution in [2.45, 2.75) is 33.2 Å². The van der Waals surface area contributed by atoms with Crippen LogP contribution in [0.15, 0.2) is 48.5 Å². The third kappa shape index (κ3) is 6.30. The van der Waals surface area contributed by atoms with Crippen LogP contribution in [0.2, 0.25) is 0 Å². The number of likely N-dealkylation sites (N-methyl/N-ethyl adjacent to an activating group) is 1. The Morgan fingerprint density at radius 1 is 1.00 bits per heavy atom. The topological polar surface area (TPSA) is 86.8 Å². The molecule has 1 atom stereocenters. The first-order chi connectivity index (χ1) is 14.6. The predicted molar refractivity (Wildman–Crippen MR) is 123 cm³/mol. The average Bonchev–Trinajstić information content (AvgIpc) is 2.72. The van der Waals surface area contributed by atoms with Crippen LogP contribution in [0, 0.1) is 13.8 Å². The van der Waals surface area contributed by atoms with Gasteiger partial charge in [-0.3, -0.25) is 13.9 Å². The summed E-state index contributed by atoms with van der Waals surface area (Å²) < 4.78 is 26.4. The van der Waals surface area contributed by atoms with Crippen molar-refractivity contribution in [1.82, 2.24) is 10.2 Å². The van der Waals surface area contributed by atoms with E-state index in [0.29, 0.717) is 18.7 Å². The number of carbonyl (C=O) groups excluding carboxylic acids is 2. The minimum atomic E-state index is -3.72. The van der Waals surface area contributed by atoms with E-state index in [1.807, 2.05) is 62.4 Å². The van der Waals surface area contributed by atoms with E-state index in [1.54, 1.807) is 6.92 Å². The van der Waals surface area contributed by atoms with Gasteiger partial charge < -0.3 is 10.2 Å². The molecule has 8 heteroatoms. The summed E-state index contributed by atoms with van der Waals surface area (Å²) in [6.45, 7) is 5.19. The number of amides is 2. The average molecular weight is 446 g/mol. The monoisotopic (exact) mass is 445 g/mol. The molecule has 0 saturated carbocycles. The van der Waals surface area contributed by atoms with Gasteiger partial charge in [-0.25, -0.2) is 8.42 Å². The maximum absolute atomic E-state index is 13.3. The van der Waals surface area contributed by atoms with Crippen LogP contribution in [0.4, 0.5) is 5.69 Å². The molecule has 2 aromatic rings. The second-order valence-corrected chi connectivity index (χ2v) is 9.53. The van der Waals surface area contributed by atoms with Gasteiger partial charge in [-0.15, -0.1) is 0 Å². The Labute approximate surface area is 185 Å². The SMILES string of the molecule is CNC(=O)[C@@H](C)N(CCc1ccccc1)C(=O)CN(c1c(C)cccc1C)S(C)(=O)=O. The maximum Gasteiger partial charge on any atom is 0.244 e. The first kappa shape index (κ1) is 24.4. The van der Waals surface area contributed by atoms with Gasteiger partial charge in [0.25, 0.3) is 0 Å². The quantitative estimate of drug-likeness (QED) is 0.642. The summed E-state index contributed by atoms with van der Waals surface area (Å²) in [4.78, 5) is 27.1. The zero-order valence-corrected chi connectivity index (χ0v) is 19.6. The summed E-state index contributed by atoms with van der Waals surface area (Å²) in [5.74, 6) is -0.737. The van der Waals surface area contributed by atoms with Gasteiger partial charge in [0.05, 0.1) is 11.9 Å². The van der Waals surface area contributed by atoms with Gasteiger partial charge in [-0.05, 0) is 43.9 Å². The second-order valence-electron chi connectivity index (χ2n) is 7.62. The highest BCUT2D eigenvalue weighted by Gasteiger charge is 2.30. The van der Waals surface area contributed by atoms with Gasteiger partial charge in [0.2, 0.25) is 21.8 Å². The highest BCUT2D eigenvalue weighted by molar-refractivity contribution is 7.92. The van der Waals surface area contributed by atoms with Crippen LogP contribution in [-0.4, -0.2) is 57.6 Å². The summed E-state index contributed by atoms with van der Waals surface area (Å²) in [6.07, 6.45) is 1.64. The largest absolute Gasteiger partial charge is 0.357 e. The number of nitrogens with one attached hydrogen (secondary N) is 1. The van der Waals surface area contributed by atoms with Crippen molar-refractivity contribution in [2.75, 3.05) is 30.7 Å². The number of sulfonamides is 1. The van der Waals surface area contributed by atoms with Crippen LogP contribution in [-0.2, 0) is 26.0 Å². The van der Waals surface area contributed by atoms with Crippen molar-refractivity contribution >= 4 is 27.5 Å². The Morgan fingerprint density at radius 2 is 1.58 bits per heavy atom. The molecule has 0 saturated heterocycles. The van der Waals surface area contributed by atoms with Crippen molar-refractivity contribution in [3.63, 3.8) is 0 Å². The van der Waals surface area contributed by atoms with Crippen molar-refractivity contribution in [3.8, 4) is 0 Å². The molecule has 0 bridgehead atoms. The molecule has 0 spiro atoms. The van der Waals surface area contributed by atoms with E-state index in [4.69, 9.17) is 0 Å². The third-order valence-corrected chi connectivity index (χ3v) is 6.38. The molecule has 2 rings (SSSR count). The van der Waals surface area contributed by atoms with E-state index >= 15 is 0 Å². The molecule has 0 radical (unpaired) electrons. The van der Waals surface area contributed by atoms with Crippen molar-refractivity contribution in [1.29, 1.82) is 0 Å². The zero-order chi connectivity index (χ0) is 23.2. The zero-order valence-electron chi connectivity index (χ0n) is 18.8. The van der Waals surface area contributed by atoms with Crippen molar-refractivity contribution < 1.29 is 18.0 Å².